The molecule has 0 bridgehead atoms. The highest BCUT2D eigenvalue weighted by molar-refractivity contribution is 5.72. The molecule has 29 heavy (non-hydrogen) atoms. The summed E-state index contributed by atoms with van der Waals surface area (Å²) in [5, 5.41) is 14.2. The number of rotatable bonds is 9. The van der Waals surface area contributed by atoms with Crippen molar-refractivity contribution in [2.75, 3.05) is 13.1 Å². The maximum absolute atomic E-state index is 12.2. The Hall–Kier alpha value is -1.43. The lowest BCUT2D eigenvalue weighted by Crippen LogP contribution is -2.34. The maximum atomic E-state index is 12.2. The minimum Gasteiger partial charge on any atom is -0.481 e. The third kappa shape index (κ3) is 6.27. The smallest absolute Gasteiger partial charge is 0.307 e. The average molecular weight is 406 g/mol. The van der Waals surface area contributed by atoms with Gasteiger partial charge < -0.3 is 9.63 Å². The van der Waals surface area contributed by atoms with Crippen molar-refractivity contribution in [3.05, 3.63) is 11.7 Å². The molecule has 2 heterocycles. The van der Waals surface area contributed by atoms with Crippen molar-refractivity contribution in [3.8, 4) is 0 Å². The van der Waals surface area contributed by atoms with Crippen LogP contribution in [0.2, 0.25) is 0 Å². The number of likely N-dealkylation sites (tertiary alicyclic amines) is 1. The SMILES string of the molecule is CC(C)(C)C(C(=O)O)[C@@H](CCCC1CCCCC1)c1nc(CN2CCCC2)no1. The van der Waals surface area contributed by atoms with Crippen LogP contribution in [0.25, 0.3) is 0 Å². The number of aromatic nitrogens is 2. The van der Waals surface area contributed by atoms with Gasteiger partial charge in [-0.2, -0.15) is 4.98 Å². The van der Waals surface area contributed by atoms with Gasteiger partial charge in [-0.3, -0.25) is 9.69 Å². The quantitative estimate of drug-likeness (QED) is 0.605. The van der Waals surface area contributed by atoms with Crippen LogP contribution in [-0.2, 0) is 11.3 Å². The zero-order chi connectivity index (χ0) is 20.9. The minimum atomic E-state index is -0.764. The van der Waals surface area contributed by atoms with Crippen LogP contribution in [0.5, 0.6) is 0 Å². The molecule has 164 valence electrons. The van der Waals surface area contributed by atoms with Crippen molar-refractivity contribution in [2.45, 2.75) is 97.4 Å². The van der Waals surface area contributed by atoms with Gasteiger partial charge in [0.05, 0.1) is 18.4 Å². The lowest BCUT2D eigenvalue weighted by Gasteiger charge is -2.32. The number of carboxylic acids is 1. The summed E-state index contributed by atoms with van der Waals surface area (Å²) in [5.74, 6) is 0.488. The Morgan fingerprint density at radius 3 is 2.48 bits per heavy atom. The highest BCUT2D eigenvalue weighted by Gasteiger charge is 2.41. The normalized spacial score (nSPS) is 21.3. The summed E-state index contributed by atoms with van der Waals surface area (Å²) in [5.41, 5.74) is -0.370. The maximum Gasteiger partial charge on any atom is 0.307 e. The molecule has 3 rings (SSSR count). The number of carboxylic acid groups (broad SMARTS) is 1. The first-order valence-electron chi connectivity index (χ1n) is 11.6. The molecule has 2 aliphatic rings. The molecule has 0 radical (unpaired) electrons. The van der Waals surface area contributed by atoms with Gasteiger partial charge in [0.15, 0.2) is 5.82 Å². The van der Waals surface area contributed by atoms with Crippen molar-refractivity contribution >= 4 is 5.97 Å². The third-order valence-corrected chi connectivity index (χ3v) is 6.82. The number of hydrogen-bond donors (Lipinski definition) is 1. The van der Waals surface area contributed by atoms with Gasteiger partial charge in [-0.15, -0.1) is 0 Å². The Morgan fingerprint density at radius 1 is 1.17 bits per heavy atom. The Morgan fingerprint density at radius 2 is 1.86 bits per heavy atom. The first-order chi connectivity index (χ1) is 13.8. The van der Waals surface area contributed by atoms with Gasteiger partial charge in [-0.1, -0.05) is 70.9 Å². The van der Waals surface area contributed by atoms with E-state index in [0.29, 0.717) is 18.3 Å². The fourth-order valence-electron chi connectivity index (χ4n) is 5.30. The van der Waals surface area contributed by atoms with Crippen molar-refractivity contribution in [1.82, 2.24) is 15.0 Å². The minimum absolute atomic E-state index is 0.226. The third-order valence-electron chi connectivity index (χ3n) is 6.82. The summed E-state index contributed by atoms with van der Waals surface area (Å²) in [7, 11) is 0. The largest absolute Gasteiger partial charge is 0.481 e. The average Bonchev–Trinajstić information content (AvgIpc) is 3.33. The van der Waals surface area contributed by atoms with Crippen molar-refractivity contribution in [3.63, 3.8) is 0 Å². The highest BCUT2D eigenvalue weighted by atomic mass is 16.5. The van der Waals surface area contributed by atoms with Crippen LogP contribution in [0.3, 0.4) is 0 Å². The summed E-state index contributed by atoms with van der Waals surface area (Å²) < 4.78 is 5.65. The molecular weight excluding hydrogens is 366 g/mol. The van der Waals surface area contributed by atoms with Gasteiger partial charge in [-0.05, 0) is 43.7 Å². The molecule has 0 aromatic carbocycles. The van der Waals surface area contributed by atoms with E-state index < -0.39 is 11.9 Å². The van der Waals surface area contributed by atoms with E-state index in [4.69, 9.17) is 4.52 Å². The molecule has 1 saturated heterocycles. The van der Waals surface area contributed by atoms with E-state index in [2.05, 4.69) is 15.0 Å². The van der Waals surface area contributed by atoms with E-state index in [1.807, 2.05) is 20.8 Å². The Balaban J connectivity index is 1.70. The molecule has 0 amide bonds. The molecule has 1 unspecified atom stereocenters. The summed E-state index contributed by atoms with van der Waals surface area (Å²) in [6, 6.07) is 0. The topological polar surface area (TPSA) is 79.5 Å². The van der Waals surface area contributed by atoms with Crippen LogP contribution in [0.15, 0.2) is 4.52 Å². The van der Waals surface area contributed by atoms with Crippen molar-refractivity contribution in [1.29, 1.82) is 0 Å². The van der Waals surface area contributed by atoms with E-state index in [-0.39, 0.29) is 11.3 Å². The number of carbonyl (C=O) groups is 1. The van der Waals surface area contributed by atoms with Gasteiger partial charge in [0.2, 0.25) is 5.89 Å². The summed E-state index contributed by atoms with van der Waals surface area (Å²) in [6.07, 6.45) is 12.2. The molecule has 2 fully saturated rings. The van der Waals surface area contributed by atoms with Gasteiger partial charge in [0, 0.05) is 0 Å². The molecule has 6 heteroatoms. The van der Waals surface area contributed by atoms with Crippen molar-refractivity contribution < 1.29 is 14.4 Å². The fraction of sp³-hybridized carbons (Fsp3) is 0.870. The number of hydrogen-bond acceptors (Lipinski definition) is 5. The molecule has 1 aromatic heterocycles. The molecule has 6 nitrogen and oxygen atoms in total. The molecule has 1 saturated carbocycles. The first-order valence-corrected chi connectivity index (χ1v) is 11.6. The summed E-state index contributed by atoms with van der Waals surface area (Å²) in [6.45, 7) is 8.86. The monoisotopic (exact) mass is 405 g/mol. The van der Waals surface area contributed by atoms with Gasteiger partial charge in [-0.25, -0.2) is 0 Å². The predicted octanol–water partition coefficient (Wildman–Crippen LogP) is 5.25. The molecule has 2 atom stereocenters. The van der Waals surface area contributed by atoms with E-state index in [1.54, 1.807) is 0 Å². The lowest BCUT2D eigenvalue weighted by atomic mass is 9.71. The lowest BCUT2D eigenvalue weighted by molar-refractivity contribution is -0.147. The predicted molar refractivity (Wildman–Crippen MR) is 113 cm³/mol. The van der Waals surface area contributed by atoms with Crippen LogP contribution in [0.4, 0.5) is 0 Å². The Kier molecular flexibility index (Phi) is 7.72. The fourth-order valence-corrected chi connectivity index (χ4v) is 5.30. The van der Waals surface area contributed by atoms with E-state index in [1.165, 1.54) is 51.4 Å². The standard InChI is InChI=1S/C23H39N3O3/c1-23(2,3)20(22(27)28)18(13-9-12-17-10-5-4-6-11-17)21-24-19(25-29-21)16-26-14-7-8-15-26/h17-18,20H,4-16H2,1-3H3,(H,27,28)/t18-,20?/m1/s1. The molecule has 1 aromatic rings. The van der Waals surface area contributed by atoms with Crippen LogP contribution in [0, 0.1) is 17.3 Å². The number of nitrogens with zero attached hydrogens (tertiary/aromatic N) is 3. The summed E-state index contributed by atoms with van der Waals surface area (Å²) >= 11 is 0. The van der Waals surface area contributed by atoms with Crippen LogP contribution in [-0.4, -0.2) is 39.2 Å². The second-order valence-corrected chi connectivity index (χ2v) is 10.3. The van der Waals surface area contributed by atoms with Crippen LogP contribution < -0.4 is 0 Å². The molecular formula is C23H39N3O3. The Bertz CT molecular complexity index is 640. The van der Waals surface area contributed by atoms with Gasteiger partial charge in [0.1, 0.15) is 0 Å². The summed E-state index contributed by atoms with van der Waals surface area (Å²) in [4.78, 5) is 19.2. The van der Waals surface area contributed by atoms with E-state index >= 15 is 0 Å². The Labute approximate surface area is 175 Å². The van der Waals surface area contributed by atoms with Gasteiger partial charge >= 0.3 is 5.97 Å². The molecule has 1 aliphatic carbocycles. The van der Waals surface area contributed by atoms with Crippen molar-refractivity contribution in [2.24, 2.45) is 17.3 Å². The zero-order valence-electron chi connectivity index (χ0n) is 18.5. The number of aliphatic carboxylic acids is 1. The van der Waals surface area contributed by atoms with E-state index in [0.717, 1.165) is 31.8 Å². The first kappa shape index (κ1) is 22.3. The van der Waals surface area contributed by atoms with Gasteiger partial charge in [0.25, 0.3) is 0 Å². The zero-order valence-corrected chi connectivity index (χ0v) is 18.5. The molecule has 0 spiro atoms. The van der Waals surface area contributed by atoms with E-state index in [9.17, 15) is 9.90 Å². The second kappa shape index (κ2) is 10.1. The second-order valence-electron chi connectivity index (χ2n) is 10.3. The van der Waals surface area contributed by atoms with Crippen LogP contribution in [0.1, 0.15) is 103 Å². The molecule has 1 N–H and O–H groups in total. The van der Waals surface area contributed by atoms with Crippen LogP contribution >= 0.6 is 0 Å². The highest BCUT2D eigenvalue weighted by Crippen LogP contribution is 2.41. The molecule has 1 aliphatic heterocycles.